The number of hydrogen-bond donors (Lipinski definition) is 0. The third kappa shape index (κ3) is 12.4. The van der Waals surface area contributed by atoms with Gasteiger partial charge in [-0.3, -0.25) is 0 Å². The predicted octanol–water partition coefficient (Wildman–Crippen LogP) is 10.7. The minimum atomic E-state index is -1.78. The molecule has 0 aliphatic rings. The zero-order chi connectivity index (χ0) is 39.7. The summed E-state index contributed by atoms with van der Waals surface area (Å²) in [6, 6.07) is 96.6. The average molecular weight is 1190 g/mol. The zero-order valence-electron chi connectivity index (χ0n) is 33.1. The Labute approximate surface area is 392 Å². The summed E-state index contributed by atoms with van der Waals surface area (Å²) in [5, 5.41) is 12.3. The van der Waals surface area contributed by atoms with Gasteiger partial charge in [0.05, 0.1) is 15.9 Å². The largest absolute Gasteiger partial charge is 1.00 e. The first-order chi connectivity index (χ1) is 28.7. The van der Waals surface area contributed by atoms with Crippen molar-refractivity contribution < 1.29 is 44.8 Å². The van der Waals surface area contributed by atoms with Crippen molar-refractivity contribution in [3.8, 4) is 0 Å². The van der Waals surface area contributed by atoms with Gasteiger partial charge in [-0.05, 0) is 91.3 Å². The van der Waals surface area contributed by atoms with Crippen LogP contribution in [0.1, 0.15) is 0 Å². The van der Waals surface area contributed by atoms with Crippen molar-refractivity contribution in [3.63, 3.8) is 0 Å². The third-order valence-electron chi connectivity index (χ3n) is 9.68. The minimum absolute atomic E-state index is 0. The molecule has 9 aromatic rings. The van der Waals surface area contributed by atoms with E-state index >= 15 is 0 Å². The normalized spacial score (nSPS) is 10.4. The molecule has 0 bridgehead atoms. The minimum Gasteiger partial charge on any atom is -0.165 e. The molecule has 0 heterocycles. The second kappa shape index (κ2) is 24.9. The number of hydrogen-bond acceptors (Lipinski definition) is 0. The SMILES string of the molecule is [Au+].[Au].[CH2-][P+](c1ccccc1)(c1ccccc1)c1ccccc1.c1ccc(P(c2ccccc2)c2ccccc2)cc1.c1ccc(P(c2ccccc2)c2ccccc2)cc1. The Morgan fingerprint density at radius 2 is 0.367 bits per heavy atom. The Kier molecular flexibility index (Phi) is 19.4. The molecule has 0 aliphatic carbocycles. The molecule has 1 radical (unpaired) electrons. The van der Waals surface area contributed by atoms with Gasteiger partial charge in [0.2, 0.25) is 0 Å². The Balaban J connectivity index is 0.000000168. The summed E-state index contributed by atoms with van der Waals surface area (Å²) in [7, 11) is -2.67. The van der Waals surface area contributed by atoms with E-state index in [1.54, 1.807) is 0 Å². The van der Waals surface area contributed by atoms with Gasteiger partial charge < -0.3 is 0 Å². The molecule has 0 saturated heterocycles. The van der Waals surface area contributed by atoms with Crippen LogP contribution in [0.4, 0.5) is 0 Å². The first-order valence-corrected chi connectivity index (χ1v) is 24.2. The maximum atomic E-state index is 4.69. The molecular formula is C55H47Au2P3+. The molecule has 303 valence electrons. The van der Waals surface area contributed by atoms with Gasteiger partial charge in [-0.25, -0.2) is 0 Å². The molecule has 0 N–H and O–H groups in total. The average Bonchev–Trinajstić information content (AvgIpc) is 3.32. The van der Waals surface area contributed by atoms with E-state index in [4.69, 9.17) is 6.66 Å². The van der Waals surface area contributed by atoms with E-state index in [-0.39, 0.29) is 44.8 Å². The number of benzene rings is 9. The fourth-order valence-electron chi connectivity index (χ4n) is 6.85. The Bertz CT molecular complexity index is 2080. The van der Waals surface area contributed by atoms with Crippen molar-refractivity contribution in [2.45, 2.75) is 0 Å². The van der Waals surface area contributed by atoms with E-state index in [0.717, 1.165) is 0 Å². The molecule has 0 spiro atoms. The van der Waals surface area contributed by atoms with Crippen LogP contribution in [0.15, 0.2) is 273 Å². The molecule has 5 heteroatoms. The molecule has 9 aromatic carbocycles. The summed E-state index contributed by atoms with van der Waals surface area (Å²) in [5.41, 5.74) is 0. The molecular weight excluding hydrogens is 1150 g/mol. The first kappa shape index (κ1) is 46.8. The summed E-state index contributed by atoms with van der Waals surface area (Å²) in [6.45, 7) is 4.69. The Morgan fingerprint density at radius 3 is 0.517 bits per heavy atom. The summed E-state index contributed by atoms with van der Waals surface area (Å²) < 4.78 is 0. The summed E-state index contributed by atoms with van der Waals surface area (Å²) in [5.74, 6) is 0. The Morgan fingerprint density at radius 1 is 0.233 bits per heavy atom. The third-order valence-corrected chi connectivity index (χ3v) is 18.1. The van der Waals surface area contributed by atoms with Gasteiger partial charge in [-0.15, -0.1) is 0 Å². The molecule has 0 aliphatic heterocycles. The van der Waals surface area contributed by atoms with E-state index in [1.165, 1.54) is 47.7 Å². The van der Waals surface area contributed by atoms with Crippen LogP contribution in [0.25, 0.3) is 0 Å². The molecule has 0 unspecified atom stereocenters. The molecule has 0 aromatic heterocycles. The molecule has 0 fully saturated rings. The van der Waals surface area contributed by atoms with Gasteiger partial charge in [0.15, 0.2) is 0 Å². The fraction of sp³-hybridized carbons (Fsp3) is 0. The van der Waals surface area contributed by atoms with Crippen molar-refractivity contribution in [2.75, 3.05) is 0 Å². The van der Waals surface area contributed by atoms with Crippen LogP contribution in [0, 0.1) is 6.66 Å². The maximum absolute atomic E-state index is 4.69. The molecule has 0 nitrogen and oxygen atoms in total. The molecule has 0 atom stereocenters. The standard InChI is InChI=1S/C19H17P.2C18H15P.2Au/c1-20(17-11-5-2-6-12-17,18-13-7-3-8-14-18)19-15-9-4-10-16-19;2*1-4-10-16(11-5-1)19(17-12-6-2-7-13-17)18-14-8-3-9-15-18;;/h2-16H,1H2;2*1-15H;;/q;;;;+1. The van der Waals surface area contributed by atoms with Gasteiger partial charge in [-0.1, -0.05) is 237 Å². The summed E-state index contributed by atoms with van der Waals surface area (Å²) >= 11 is 0. The van der Waals surface area contributed by atoms with Crippen molar-refractivity contribution in [1.82, 2.24) is 0 Å². The molecule has 60 heavy (non-hydrogen) atoms. The van der Waals surface area contributed by atoms with Crippen molar-refractivity contribution >= 4 is 70.8 Å². The second-order valence-corrected chi connectivity index (χ2v) is 21.1. The monoisotopic (exact) mass is 1190 g/mol. The van der Waals surface area contributed by atoms with E-state index in [0.29, 0.717) is 0 Å². The topological polar surface area (TPSA) is 0 Å². The van der Waals surface area contributed by atoms with Crippen LogP contribution >= 0.6 is 23.1 Å². The van der Waals surface area contributed by atoms with Gasteiger partial charge >= 0.3 is 22.4 Å². The Hall–Kier alpha value is -4.25. The van der Waals surface area contributed by atoms with Gasteiger partial charge in [0, 0.05) is 22.4 Å². The van der Waals surface area contributed by atoms with Gasteiger partial charge in [0.1, 0.15) is 0 Å². The summed E-state index contributed by atoms with van der Waals surface area (Å²) in [4.78, 5) is 0. The first-order valence-electron chi connectivity index (χ1n) is 19.5. The fourth-order valence-corrected chi connectivity index (χ4v) is 14.4. The van der Waals surface area contributed by atoms with Crippen LogP contribution in [-0.4, -0.2) is 0 Å². The number of rotatable bonds is 9. The molecule has 0 amide bonds. The quantitative estimate of drug-likeness (QED) is 0.0768. The van der Waals surface area contributed by atoms with Crippen molar-refractivity contribution in [2.24, 2.45) is 0 Å². The van der Waals surface area contributed by atoms with Crippen LogP contribution in [0.5, 0.6) is 0 Å². The molecule has 0 saturated carbocycles. The van der Waals surface area contributed by atoms with Gasteiger partial charge in [-0.2, -0.15) is 6.66 Å². The molecule has 9 rings (SSSR count). The van der Waals surface area contributed by atoms with Crippen LogP contribution in [0.3, 0.4) is 0 Å². The smallest absolute Gasteiger partial charge is 0.165 e. The van der Waals surface area contributed by atoms with E-state index in [1.807, 2.05) is 0 Å². The van der Waals surface area contributed by atoms with Crippen molar-refractivity contribution in [1.29, 1.82) is 0 Å². The van der Waals surface area contributed by atoms with Crippen LogP contribution < -0.4 is 47.7 Å². The maximum Gasteiger partial charge on any atom is 1.00 e. The predicted molar refractivity (Wildman–Crippen MR) is 261 cm³/mol. The van der Waals surface area contributed by atoms with Gasteiger partial charge in [0.25, 0.3) is 0 Å². The van der Waals surface area contributed by atoms with Crippen molar-refractivity contribution in [3.05, 3.63) is 280 Å². The van der Waals surface area contributed by atoms with E-state index < -0.39 is 23.1 Å². The zero-order valence-corrected chi connectivity index (χ0v) is 40.1. The second-order valence-electron chi connectivity index (χ2n) is 13.5. The van der Waals surface area contributed by atoms with Crippen LogP contribution in [-0.2, 0) is 44.8 Å². The summed E-state index contributed by atoms with van der Waals surface area (Å²) in [6.07, 6.45) is 0. The van der Waals surface area contributed by atoms with E-state index in [2.05, 4.69) is 273 Å². The van der Waals surface area contributed by atoms with Crippen LogP contribution in [0.2, 0.25) is 0 Å². The van der Waals surface area contributed by atoms with E-state index in [9.17, 15) is 0 Å².